The van der Waals surface area contributed by atoms with Gasteiger partial charge in [0.1, 0.15) is 10.3 Å². The maximum Gasteiger partial charge on any atom is 0.143 e. The smallest absolute Gasteiger partial charge is 0.143 e. The summed E-state index contributed by atoms with van der Waals surface area (Å²) in [6, 6.07) is 0. The Morgan fingerprint density at radius 3 is 2.67 bits per heavy atom. The van der Waals surface area contributed by atoms with E-state index in [1.165, 1.54) is 11.1 Å². The SMILES string of the molecule is CCOC(C)c1c(C(C)C)cnc2sc(C)nc12. The first-order chi connectivity index (χ1) is 8.54. The van der Waals surface area contributed by atoms with Crippen LogP contribution in [0.4, 0.5) is 0 Å². The normalized spacial score (nSPS) is 13.4. The van der Waals surface area contributed by atoms with Crippen molar-refractivity contribution in [3.63, 3.8) is 0 Å². The maximum atomic E-state index is 5.77. The molecule has 3 nitrogen and oxygen atoms in total. The molecule has 2 aromatic rings. The molecule has 1 unspecified atom stereocenters. The lowest BCUT2D eigenvalue weighted by Gasteiger charge is -2.18. The molecule has 2 rings (SSSR count). The van der Waals surface area contributed by atoms with Gasteiger partial charge in [-0.1, -0.05) is 25.2 Å². The summed E-state index contributed by atoms with van der Waals surface area (Å²) >= 11 is 1.64. The molecule has 0 spiro atoms. The monoisotopic (exact) mass is 264 g/mol. The van der Waals surface area contributed by atoms with Crippen molar-refractivity contribution in [2.75, 3.05) is 6.61 Å². The van der Waals surface area contributed by atoms with Crippen LogP contribution in [0.3, 0.4) is 0 Å². The molecular weight excluding hydrogens is 244 g/mol. The molecule has 0 fully saturated rings. The van der Waals surface area contributed by atoms with Gasteiger partial charge in [0.25, 0.3) is 0 Å². The number of nitrogens with zero attached hydrogens (tertiary/aromatic N) is 2. The minimum absolute atomic E-state index is 0.0689. The number of aryl methyl sites for hydroxylation is 1. The van der Waals surface area contributed by atoms with Crippen LogP contribution in [-0.4, -0.2) is 16.6 Å². The fraction of sp³-hybridized carbons (Fsp3) is 0.571. The van der Waals surface area contributed by atoms with Gasteiger partial charge in [0.05, 0.1) is 11.1 Å². The molecule has 0 bridgehead atoms. The van der Waals surface area contributed by atoms with Crippen LogP contribution in [0, 0.1) is 6.92 Å². The first kappa shape index (κ1) is 13.4. The number of hydrogen-bond acceptors (Lipinski definition) is 4. The molecule has 0 aliphatic rings. The Morgan fingerprint density at radius 2 is 2.06 bits per heavy atom. The summed E-state index contributed by atoms with van der Waals surface area (Å²) in [7, 11) is 0. The number of hydrogen-bond donors (Lipinski definition) is 0. The quantitative estimate of drug-likeness (QED) is 0.829. The summed E-state index contributed by atoms with van der Waals surface area (Å²) in [5.74, 6) is 0.432. The zero-order valence-corrected chi connectivity index (χ0v) is 12.5. The van der Waals surface area contributed by atoms with Gasteiger partial charge < -0.3 is 4.74 Å². The molecule has 0 amide bonds. The van der Waals surface area contributed by atoms with Crippen molar-refractivity contribution in [3.05, 3.63) is 22.3 Å². The fourth-order valence-corrected chi connectivity index (χ4v) is 3.01. The van der Waals surface area contributed by atoms with Gasteiger partial charge >= 0.3 is 0 Å². The molecule has 4 heteroatoms. The first-order valence-corrected chi connectivity index (χ1v) is 7.23. The number of ether oxygens (including phenoxy) is 1. The number of pyridine rings is 1. The van der Waals surface area contributed by atoms with Crippen molar-refractivity contribution < 1.29 is 4.74 Å². The largest absolute Gasteiger partial charge is 0.374 e. The summed E-state index contributed by atoms with van der Waals surface area (Å²) in [5, 5.41) is 1.06. The van der Waals surface area contributed by atoms with Crippen molar-refractivity contribution in [1.29, 1.82) is 0 Å². The van der Waals surface area contributed by atoms with Gasteiger partial charge in [-0.3, -0.25) is 0 Å². The molecular formula is C14H20N2OS. The summed E-state index contributed by atoms with van der Waals surface area (Å²) in [6.07, 6.45) is 2.05. The van der Waals surface area contributed by atoms with Gasteiger partial charge in [0.2, 0.25) is 0 Å². The minimum Gasteiger partial charge on any atom is -0.374 e. The van der Waals surface area contributed by atoms with E-state index in [1.807, 2.05) is 20.0 Å². The number of fused-ring (bicyclic) bond motifs is 1. The second-order valence-corrected chi connectivity index (χ2v) is 5.95. The third-order valence-electron chi connectivity index (χ3n) is 3.05. The maximum absolute atomic E-state index is 5.77. The Bertz CT molecular complexity index is 548. The highest BCUT2D eigenvalue weighted by Gasteiger charge is 2.19. The van der Waals surface area contributed by atoms with E-state index in [4.69, 9.17) is 4.74 Å². The van der Waals surface area contributed by atoms with E-state index >= 15 is 0 Å². The van der Waals surface area contributed by atoms with Crippen LogP contribution in [0.5, 0.6) is 0 Å². The van der Waals surface area contributed by atoms with E-state index in [2.05, 4.69) is 30.7 Å². The predicted molar refractivity (Wildman–Crippen MR) is 76.3 cm³/mol. The Hall–Kier alpha value is -1.00. The summed E-state index contributed by atoms with van der Waals surface area (Å²) in [6.45, 7) is 11.2. The predicted octanol–water partition coefficient (Wildman–Crippen LogP) is 4.22. The van der Waals surface area contributed by atoms with Crippen LogP contribution >= 0.6 is 11.3 Å². The molecule has 18 heavy (non-hydrogen) atoms. The van der Waals surface area contributed by atoms with Crippen molar-refractivity contribution in [2.24, 2.45) is 0 Å². The highest BCUT2D eigenvalue weighted by Crippen LogP contribution is 2.34. The molecule has 0 saturated heterocycles. The second kappa shape index (κ2) is 5.33. The Balaban J connectivity index is 2.65. The van der Waals surface area contributed by atoms with Crippen LogP contribution in [0.1, 0.15) is 55.9 Å². The van der Waals surface area contributed by atoms with Crippen molar-refractivity contribution in [3.8, 4) is 0 Å². The van der Waals surface area contributed by atoms with Crippen LogP contribution in [-0.2, 0) is 4.74 Å². The van der Waals surface area contributed by atoms with Gasteiger partial charge in [-0.2, -0.15) is 0 Å². The van der Waals surface area contributed by atoms with E-state index in [1.54, 1.807) is 11.3 Å². The number of aromatic nitrogens is 2. The average molecular weight is 264 g/mol. The lowest BCUT2D eigenvalue weighted by molar-refractivity contribution is 0.0765. The van der Waals surface area contributed by atoms with E-state index in [0.717, 1.165) is 15.4 Å². The fourth-order valence-electron chi connectivity index (χ4n) is 2.23. The molecule has 0 aromatic carbocycles. The number of thiazole rings is 1. The van der Waals surface area contributed by atoms with Crippen molar-refractivity contribution >= 4 is 21.7 Å². The molecule has 0 radical (unpaired) electrons. The van der Waals surface area contributed by atoms with Gasteiger partial charge in [-0.15, -0.1) is 0 Å². The third-order valence-corrected chi connectivity index (χ3v) is 3.93. The standard InChI is InChI=1S/C14H20N2OS/c1-6-17-9(4)12-11(8(2)3)7-15-14-13(12)16-10(5)18-14/h7-9H,6H2,1-5H3. The van der Waals surface area contributed by atoms with Crippen LogP contribution in [0.15, 0.2) is 6.20 Å². The number of rotatable bonds is 4. The van der Waals surface area contributed by atoms with Crippen molar-refractivity contribution in [2.45, 2.75) is 46.6 Å². The van der Waals surface area contributed by atoms with Crippen molar-refractivity contribution in [1.82, 2.24) is 9.97 Å². The summed E-state index contributed by atoms with van der Waals surface area (Å²) < 4.78 is 5.77. The zero-order chi connectivity index (χ0) is 13.3. The zero-order valence-electron chi connectivity index (χ0n) is 11.7. The lowest BCUT2D eigenvalue weighted by atomic mass is 9.96. The highest BCUT2D eigenvalue weighted by molar-refractivity contribution is 7.18. The van der Waals surface area contributed by atoms with Gasteiger partial charge in [-0.25, -0.2) is 9.97 Å². The second-order valence-electron chi connectivity index (χ2n) is 4.77. The topological polar surface area (TPSA) is 35.0 Å². The lowest BCUT2D eigenvalue weighted by Crippen LogP contribution is -2.06. The van der Waals surface area contributed by atoms with E-state index < -0.39 is 0 Å². The van der Waals surface area contributed by atoms with Gasteiger partial charge in [-0.05, 0) is 32.3 Å². The van der Waals surface area contributed by atoms with Crippen LogP contribution < -0.4 is 0 Å². The van der Waals surface area contributed by atoms with E-state index in [-0.39, 0.29) is 6.10 Å². The van der Waals surface area contributed by atoms with Crippen LogP contribution in [0.2, 0.25) is 0 Å². The summed E-state index contributed by atoms with van der Waals surface area (Å²) in [4.78, 5) is 10.2. The molecule has 0 aliphatic carbocycles. The molecule has 0 saturated carbocycles. The van der Waals surface area contributed by atoms with Gasteiger partial charge in [0, 0.05) is 18.4 Å². The Labute approximate surface area is 112 Å². The molecule has 2 heterocycles. The molecule has 0 aliphatic heterocycles. The highest BCUT2D eigenvalue weighted by atomic mass is 32.1. The Morgan fingerprint density at radius 1 is 1.33 bits per heavy atom. The average Bonchev–Trinajstić information content (AvgIpc) is 2.67. The van der Waals surface area contributed by atoms with Gasteiger partial charge in [0.15, 0.2) is 0 Å². The molecule has 1 atom stereocenters. The van der Waals surface area contributed by atoms with E-state index in [9.17, 15) is 0 Å². The first-order valence-electron chi connectivity index (χ1n) is 6.42. The summed E-state index contributed by atoms with van der Waals surface area (Å²) in [5.41, 5.74) is 3.47. The third kappa shape index (κ3) is 2.40. The minimum atomic E-state index is 0.0689. The van der Waals surface area contributed by atoms with Crippen LogP contribution in [0.25, 0.3) is 10.3 Å². The van der Waals surface area contributed by atoms with E-state index in [0.29, 0.717) is 12.5 Å². The molecule has 0 N–H and O–H groups in total. The Kier molecular flexibility index (Phi) is 3.97. The molecule has 2 aromatic heterocycles. The molecule has 98 valence electrons.